The molecule has 3 nitrogen and oxygen atoms in total. The van der Waals surface area contributed by atoms with Gasteiger partial charge in [0.25, 0.3) is 0 Å². The zero-order valence-electron chi connectivity index (χ0n) is 8.11. The molecule has 0 aromatic heterocycles. The van der Waals surface area contributed by atoms with Crippen LogP contribution in [0.15, 0.2) is 0 Å². The van der Waals surface area contributed by atoms with Crippen molar-refractivity contribution in [1.82, 2.24) is 4.90 Å². The Balaban J connectivity index is 1.75. The normalized spacial score (nSPS) is 36.7. The van der Waals surface area contributed by atoms with Gasteiger partial charge in [-0.25, -0.2) is 0 Å². The molecule has 3 heteroatoms. The van der Waals surface area contributed by atoms with Crippen molar-refractivity contribution in [1.29, 1.82) is 0 Å². The molecular formula is C10H19NO2. The van der Waals surface area contributed by atoms with Crippen molar-refractivity contribution >= 4 is 0 Å². The number of likely N-dealkylation sites (tertiary alicyclic amines) is 1. The van der Waals surface area contributed by atoms with Gasteiger partial charge in [0.05, 0.1) is 6.61 Å². The summed E-state index contributed by atoms with van der Waals surface area (Å²) in [5, 5.41) is 9.47. The van der Waals surface area contributed by atoms with E-state index in [9.17, 15) is 5.11 Å². The Hall–Kier alpha value is -0.120. The van der Waals surface area contributed by atoms with E-state index >= 15 is 0 Å². The van der Waals surface area contributed by atoms with Crippen LogP contribution in [0.1, 0.15) is 25.7 Å². The lowest BCUT2D eigenvalue weighted by atomic mass is 10.0. The van der Waals surface area contributed by atoms with Crippen LogP contribution in [0.3, 0.4) is 0 Å². The third-order valence-corrected chi connectivity index (χ3v) is 3.12. The first-order valence-electron chi connectivity index (χ1n) is 5.38. The summed E-state index contributed by atoms with van der Waals surface area (Å²) in [5.74, 6) is 0.359. The lowest BCUT2D eigenvalue weighted by Crippen LogP contribution is -2.36. The number of rotatable bonds is 2. The number of aliphatic hydroxyl groups excluding tert-OH is 1. The van der Waals surface area contributed by atoms with Crippen molar-refractivity contribution < 1.29 is 9.84 Å². The summed E-state index contributed by atoms with van der Waals surface area (Å²) in [6.45, 7) is 4.19. The molecule has 2 fully saturated rings. The molecule has 13 heavy (non-hydrogen) atoms. The number of aliphatic hydroxyl groups is 1. The van der Waals surface area contributed by atoms with Gasteiger partial charge < -0.3 is 14.7 Å². The molecule has 2 saturated heterocycles. The van der Waals surface area contributed by atoms with Gasteiger partial charge in [-0.2, -0.15) is 0 Å². The van der Waals surface area contributed by atoms with Crippen LogP contribution in [0.5, 0.6) is 0 Å². The molecule has 2 rings (SSSR count). The molecule has 0 amide bonds. The highest BCUT2D eigenvalue weighted by atomic mass is 16.6. The predicted molar refractivity (Wildman–Crippen MR) is 50.4 cm³/mol. The highest BCUT2D eigenvalue weighted by Crippen LogP contribution is 2.21. The van der Waals surface area contributed by atoms with Gasteiger partial charge in [0.1, 0.15) is 0 Å². The molecule has 2 atom stereocenters. The van der Waals surface area contributed by atoms with Crippen LogP contribution in [0, 0.1) is 5.92 Å². The Morgan fingerprint density at radius 3 is 2.62 bits per heavy atom. The quantitative estimate of drug-likeness (QED) is 0.691. The second-order valence-corrected chi connectivity index (χ2v) is 4.17. The highest BCUT2D eigenvalue weighted by Gasteiger charge is 2.28. The van der Waals surface area contributed by atoms with E-state index < -0.39 is 6.29 Å². The molecule has 0 aromatic rings. The Morgan fingerprint density at radius 2 is 2.00 bits per heavy atom. The van der Waals surface area contributed by atoms with Gasteiger partial charge in [-0.15, -0.1) is 0 Å². The smallest absolute Gasteiger partial charge is 0.158 e. The van der Waals surface area contributed by atoms with Crippen molar-refractivity contribution in [2.45, 2.75) is 32.0 Å². The van der Waals surface area contributed by atoms with Gasteiger partial charge in [-0.1, -0.05) is 6.42 Å². The van der Waals surface area contributed by atoms with Crippen LogP contribution >= 0.6 is 0 Å². The second-order valence-electron chi connectivity index (χ2n) is 4.17. The first-order chi connectivity index (χ1) is 6.36. The van der Waals surface area contributed by atoms with Crippen LogP contribution in [0.25, 0.3) is 0 Å². The fraction of sp³-hybridized carbons (Fsp3) is 1.00. The maximum atomic E-state index is 9.47. The van der Waals surface area contributed by atoms with E-state index in [1.807, 2.05) is 0 Å². The summed E-state index contributed by atoms with van der Waals surface area (Å²) in [5.41, 5.74) is 0. The van der Waals surface area contributed by atoms with Crippen molar-refractivity contribution in [3.8, 4) is 0 Å². The largest absolute Gasteiger partial charge is 0.368 e. The Labute approximate surface area is 79.7 Å². The summed E-state index contributed by atoms with van der Waals surface area (Å²) in [4.78, 5) is 2.46. The first kappa shape index (κ1) is 9.44. The Bertz CT molecular complexity index is 157. The number of ether oxygens (including phenoxy) is 1. The van der Waals surface area contributed by atoms with Gasteiger partial charge in [0, 0.05) is 12.5 Å². The Morgan fingerprint density at radius 1 is 1.23 bits per heavy atom. The van der Waals surface area contributed by atoms with E-state index in [2.05, 4.69) is 4.90 Å². The topological polar surface area (TPSA) is 32.7 Å². The van der Waals surface area contributed by atoms with Crippen LogP contribution in [0.4, 0.5) is 0 Å². The SMILES string of the molecule is OC1OCCC1CN1CCCCC1. The number of hydrogen-bond donors (Lipinski definition) is 1. The third-order valence-electron chi connectivity index (χ3n) is 3.12. The van der Waals surface area contributed by atoms with Gasteiger partial charge >= 0.3 is 0 Å². The monoisotopic (exact) mass is 185 g/mol. The molecule has 1 N–H and O–H groups in total. The number of nitrogens with zero attached hydrogens (tertiary/aromatic N) is 1. The fourth-order valence-corrected chi connectivity index (χ4v) is 2.27. The van der Waals surface area contributed by atoms with E-state index in [1.165, 1.54) is 32.4 Å². The minimum absolute atomic E-state index is 0.359. The number of piperidine rings is 1. The van der Waals surface area contributed by atoms with Crippen LogP contribution < -0.4 is 0 Å². The molecular weight excluding hydrogens is 166 g/mol. The molecule has 0 aliphatic carbocycles. The van der Waals surface area contributed by atoms with Crippen molar-refractivity contribution in [3.05, 3.63) is 0 Å². The van der Waals surface area contributed by atoms with Crippen molar-refractivity contribution in [3.63, 3.8) is 0 Å². The summed E-state index contributed by atoms with van der Waals surface area (Å²) < 4.78 is 5.14. The third kappa shape index (κ3) is 2.42. The molecule has 2 unspecified atom stereocenters. The maximum Gasteiger partial charge on any atom is 0.158 e. The molecule has 2 heterocycles. The predicted octanol–water partition coefficient (Wildman–Crippen LogP) is 0.827. The fourth-order valence-electron chi connectivity index (χ4n) is 2.27. The maximum absolute atomic E-state index is 9.47. The van der Waals surface area contributed by atoms with Crippen LogP contribution in [-0.2, 0) is 4.74 Å². The Kier molecular flexibility index (Phi) is 3.19. The molecule has 2 aliphatic rings. The highest BCUT2D eigenvalue weighted by molar-refractivity contribution is 4.74. The summed E-state index contributed by atoms with van der Waals surface area (Å²) in [6.07, 6.45) is 4.55. The van der Waals surface area contributed by atoms with Gasteiger partial charge in [0.2, 0.25) is 0 Å². The first-order valence-corrected chi connectivity index (χ1v) is 5.38. The van der Waals surface area contributed by atoms with Gasteiger partial charge in [0.15, 0.2) is 6.29 Å². The lowest BCUT2D eigenvalue weighted by molar-refractivity contribution is -0.0872. The summed E-state index contributed by atoms with van der Waals surface area (Å²) in [6, 6.07) is 0. The molecule has 0 aromatic carbocycles. The zero-order valence-corrected chi connectivity index (χ0v) is 8.11. The average molecular weight is 185 g/mol. The molecule has 0 radical (unpaired) electrons. The van der Waals surface area contributed by atoms with Crippen molar-refractivity contribution in [2.24, 2.45) is 5.92 Å². The zero-order chi connectivity index (χ0) is 9.10. The minimum atomic E-state index is -0.498. The summed E-state index contributed by atoms with van der Waals surface area (Å²) in [7, 11) is 0. The summed E-state index contributed by atoms with van der Waals surface area (Å²) >= 11 is 0. The van der Waals surface area contributed by atoms with Crippen LogP contribution in [-0.4, -0.2) is 42.5 Å². The van der Waals surface area contributed by atoms with Crippen LogP contribution in [0.2, 0.25) is 0 Å². The lowest BCUT2D eigenvalue weighted by Gasteiger charge is -2.29. The molecule has 0 bridgehead atoms. The number of hydrogen-bond acceptors (Lipinski definition) is 3. The molecule has 0 saturated carbocycles. The van der Waals surface area contributed by atoms with E-state index in [1.54, 1.807) is 0 Å². The van der Waals surface area contributed by atoms with Gasteiger partial charge in [-0.3, -0.25) is 0 Å². The molecule has 76 valence electrons. The average Bonchev–Trinajstić information content (AvgIpc) is 2.54. The van der Waals surface area contributed by atoms with E-state index in [4.69, 9.17) is 4.74 Å². The van der Waals surface area contributed by atoms with E-state index in [0.717, 1.165) is 19.6 Å². The van der Waals surface area contributed by atoms with E-state index in [-0.39, 0.29) is 0 Å². The second kappa shape index (κ2) is 4.40. The molecule has 2 aliphatic heterocycles. The molecule has 0 spiro atoms. The standard InChI is InChI=1S/C10H19NO2/c12-10-9(4-7-13-10)8-11-5-2-1-3-6-11/h9-10,12H,1-8H2. The minimum Gasteiger partial charge on any atom is -0.368 e. The van der Waals surface area contributed by atoms with Gasteiger partial charge in [-0.05, 0) is 32.4 Å². The van der Waals surface area contributed by atoms with E-state index in [0.29, 0.717) is 5.92 Å². The van der Waals surface area contributed by atoms with Crippen molar-refractivity contribution in [2.75, 3.05) is 26.2 Å².